The molecule has 0 aliphatic carbocycles. The zero-order valence-corrected chi connectivity index (χ0v) is 11.4. The SMILES string of the molecule is CC1CNC(C)(C)CN1c1cccc(C(F)(F)F)c1. The van der Waals surface area contributed by atoms with Crippen LogP contribution in [-0.2, 0) is 6.18 Å². The first kappa shape index (κ1) is 14.2. The Kier molecular flexibility index (Phi) is 3.51. The van der Waals surface area contributed by atoms with E-state index in [-0.39, 0.29) is 11.6 Å². The van der Waals surface area contributed by atoms with Crippen molar-refractivity contribution in [2.24, 2.45) is 0 Å². The molecule has 0 bridgehead atoms. The molecule has 0 amide bonds. The third-order valence-corrected chi connectivity index (χ3v) is 3.48. The minimum Gasteiger partial charge on any atom is -0.366 e. The summed E-state index contributed by atoms with van der Waals surface area (Å²) >= 11 is 0. The van der Waals surface area contributed by atoms with E-state index in [2.05, 4.69) is 19.2 Å². The van der Waals surface area contributed by atoms with E-state index in [0.717, 1.165) is 12.6 Å². The number of hydrogen-bond acceptors (Lipinski definition) is 2. The second kappa shape index (κ2) is 4.71. The Labute approximate surface area is 111 Å². The molecule has 0 saturated carbocycles. The van der Waals surface area contributed by atoms with Crippen LogP contribution in [0.4, 0.5) is 18.9 Å². The van der Waals surface area contributed by atoms with Crippen LogP contribution in [-0.4, -0.2) is 24.7 Å². The largest absolute Gasteiger partial charge is 0.416 e. The molecule has 1 atom stereocenters. The van der Waals surface area contributed by atoms with Gasteiger partial charge in [-0.1, -0.05) is 6.07 Å². The fourth-order valence-electron chi connectivity index (χ4n) is 2.38. The number of benzene rings is 1. The van der Waals surface area contributed by atoms with Crippen molar-refractivity contribution in [3.8, 4) is 0 Å². The lowest BCUT2D eigenvalue weighted by Crippen LogP contribution is -2.61. The molecule has 0 aromatic heterocycles. The zero-order chi connectivity index (χ0) is 14.3. The lowest BCUT2D eigenvalue weighted by atomic mass is 9.98. The van der Waals surface area contributed by atoms with E-state index in [1.165, 1.54) is 12.1 Å². The van der Waals surface area contributed by atoms with Crippen LogP contribution in [0.2, 0.25) is 0 Å². The highest BCUT2D eigenvalue weighted by Gasteiger charge is 2.33. The third kappa shape index (κ3) is 3.21. The van der Waals surface area contributed by atoms with Crippen LogP contribution in [0.5, 0.6) is 0 Å². The van der Waals surface area contributed by atoms with Crippen molar-refractivity contribution in [3.63, 3.8) is 0 Å². The summed E-state index contributed by atoms with van der Waals surface area (Å²) in [6.07, 6.45) is -4.29. The highest BCUT2D eigenvalue weighted by Crippen LogP contribution is 2.33. The molecule has 1 aromatic rings. The molecule has 2 nitrogen and oxygen atoms in total. The Hall–Kier alpha value is -1.23. The summed E-state index contributed by atoms with van der Waals surface area (Å²) in [5.74, 6) is 0. The van der Waals surface area contributed by atoms with E-state index in [4.69, 9.17) is 0 Å². The number of nitrogens with zero attached hydrogens (tertiary/aromatic N) is 1. The summed E-state index contributed by atoms with van der Waals surface area (Å²) in [7, 11) is 0. The highest BCUT2D eigenvalue weighted by molar-refractivity contribution is 5.51. The molecule has 1 aliphatic rings. The summed E-state index contributed by atoms with van der Waals surface area (Å²) in [6.45, 7) is 7.58. The molecule has 1 heterocycles. The molecule has 1 saturated heterocycles. The first-order valence-electron chi connectivity index (χ1n) is 6.38. The van der Waals surface area contributed by atoms with Gasteiger partial charge in [0.25, 0.3) is 0 Å². The number of rotatable bonds is 1. The molecule has 1 aliphatic heterocycles. The summed E-state index contributed by atoms with van der Waals surface area (Å²) in [6, 6.07) is 5.74. The highest BCUT2D eigenvalue weighted by atomic mass is 19.4. The molecule has 19 heavy (non-hydrogen) atoms. The predicted molar refractivity (Wildman–Crippen MR) is 70.3 cm³/mol. The number of anilines is 1. The van der Waals surface area contributed by atoms with Gasteiger partial charge in [-0.3, -0.25) is 0 Å². The van der Waals surface area contributed by atoms with Crippen LogP contribution in [0, 0.1) is 0 Å². The lowest BCUT2D eigenvalue weighted by molar-refractivity contribution is -0.137. The van der Waals surface area contributed by atoms with Gasteiger partial charge in [-0.15, -0.1) is 0 Å². The van der Waals surface area contributed by atoms with Gasteiger partial charge in [0.15, 0.2) is 0 Å². The zero-order valence-electron chi connectivity index (χ0n) is 11.4. The summed E-state index contributed by atoms with van der Waals surface area (Å²) < 4.78 is 38.3. The van der Waals surface area contributed by atoms with Gasteiger partial charge in [-0.05, 0) is 39.0 Å². The maximum Gasteiger partial charge on any atom is 0.416 e. The van der Waals surface area contributed by atoms with Crippen LogP contribution < -0.4 is 10.2 Å². The van der Waals surface area contributed by atoms with E-state index in [1.807, 2.05) is 11.8 Å². The van der Waals surface area contributed by atoms with Gasteiger partial charge < -0.3 is 10.2 Å². The molecule has 1 fully saturated rings. The number of halogens is 3. The third-order valence-electron chi connectivity index (χ3n) is 3.48. The molecular formula is C14H19F3N2. The first-order chi connectivity index (χ1) is 8.69. The van der Waals surface area contributed by atoms with Gasteiger partial charge in [0.2, 0.25) is 0 Å². The van der Waals surface area contributed by atoms with Crippen molar-refractivity contribution in [1.29, 1.82) is 0 Å². The fourth-order valence-corrected chi connectivity index (χ4v) is 2.38. The normalized spacial score (nSPS) is 23.5. The van der Waals surface area contributed by atoms with E-state index < -0.39 is 11.7 Å². The smallest absolute Gasteiger partial charge is 0.366 e. The van der Waals surface area contributed by atoms with Crippen molar-refractivity contribution in [2.75, 3.05) is 18.0 Å². The topological polar surface area (TPSA) is 15.3 Å². The van der Waals surface area contributed by atoms with Crippen LogP contribution in [0.1, 0.15) is 26.3 Å². The lowest BCUT2D eigenvalue weighted by Gasteiger charge is -2.44. The van der Waals surface area contributed by atoms with E-state index in [9.17, 15) is 13.2 Å². The molecule has 2 rings (SSSR count). The van der Waals surface area contributed by atoms with E-state index >= 15 is 0 Å². The van der Waals surface area contributed by atoms with Gasteiger partial charge in [0.1, 0.15) is 0 Å². The molecule has 1 aromatic carbocycles. The first-order valence-corrected chi connectivity index (χ1v) is 6.38. The molecule has 106 valence electrons. The Morgan fingerprint density at radius 2 is 2.00 bits per heavy atom. The minimum absolute atomic E-state index is 0.0965. The van der Waals surface area contributed by atoms with Crippen molar-refractivity contribution in [2.45, 2.75) is 38.5 Å². The van der Waals surface area contributed by atoms with Gasteiger partial charge >= 0.3 is 6.18 Å². The van der Waals surface area contributed by atoms with Crippen molar-refractivity contribution >= 4 is 5.69 Å². The molecular weight excluding hydrogens is 253 g/mol. The predicted octanol–water partition coefficient (Wildman–Crippen LogP) is 3.28. The van der Waals surface area contributed by atoms with E-state index in [1.54, 1.807) is 6.07 Å². The Morgan fingerprint density at radius 1 is 1.32 bits per heavy atom. The Morgan fingerprint density at radius 3 is 2.63 bits per heavy atom. The minimum atomic E-state index is -4.29. The number of nitrogens with one attached hydrogen (secondary N) is 1. The summed E-state index contributed by atoms with van der Waals surface area (Å²) in [4.78, 5) is 2.03. The van der Waals surface area contributed by atoms with Crippen molar-refractivity contribution < 1.29 is 13.2 Å². The molecule has 0 radical (unpaired) electrons. The van der Waals surface area contributed by atoms with Gasteiger partial charge in [0.05, 0.1) is 5.56 Å². The standard InChI is InChI=1S/C14H19F3N2/c1-10-8-18-13(2,3)9-19(10)12-6-4-5-11(7-12)14(15,16)17/h4-7,10,18H,8-9H2,1-3H3. The van der Waals surface area contributed by atoms with Gasteiger partial charge in [-0.25, -0.2) is 0 Å². The number of hydrogen-bond donors (Lipinski definition) is 1. The second-order valence-electron chi connectivity index (χ2n) is 5.79. The molecule has 1 N–H and O–H groups in total. The average molecular weight is 272 g/mol. The number of piperazine rings is 1. The monoisotopic (exact) mass is 272 g/mol. The summed E-state index contributed by atoms with van der Waals surface area (Å²) in [5, 5.41) is 3.39. The van der Waals surface area contributed by atoms with Crippen LogP contribution in [0.3, 0.4) is 0 Å². The molecule has 0 spiro atoms. The Balaban J connectivity index is 2.30. The maximum atomic E-state index is 12.8. The van der Waals surface area contributed by atoms with Crippen LogP contribution in [0.25, 0.3) is 0 Å². The Bertz CT molecular complexity index is 454. The van der Waals surface area contributed by atoms with Gasteiger partial charge in [-0.2, -0.15) is 13.2 Å². The fraction of sp³-hybridized carbons (Fsp3) is 0.571. The molecule has 1 unspecified atom stereocenters. The average Bonchev–Trinajstić information content (AvgIpc) is 2.31. The summed E-state index contributed by atoms with van der Waals surface area (Å²) in [5.41, 5.74) is -0.0498. The van der Waals surface area contributed by atoms with Crippen molar-refractivity contribution in [3.05, 3.63) is 29.8 Å². The molecule has 5 heteroatoms. The van der Waals surface area contributed by atoms with Crippen LogP contribution >= 0.6 is 0 Å². The van der Waals surface area contributed by atoms with Crippen LogP contribution in [0.15, 0.2) is 24.3 Å². The second-order valence-corrected chi connectivity index (χ2v) is 5.79. The number of alkyl halides is 3. The van der Waals surface area contributed by atoms with Gasteiger partial charge in [0, 0.05) is 30.4 Å². The van der Waals surface area contributed by atoms with Crippen molar-refractivity contribution in [1.82, 2.24) is 5.32 Å². The maximum absolute atomic E-state index is 12.8. The van der Waals surface area contributed by atoms with E-state index in [0.29, 0.717) is 12.2 Å². The quantitative estimate of drug-likeness (QED) is 0.844.